The van der Waals surface area contributed by atoms with Crippen LogP contribution in [-0.2, 0) is 4.79 Å². The number of carbonyl (C=O) groups excluding carboxylic acids is 1. The second kappa shape index (κ2) is 8.13. The third-order valence-electron chi connectivity index (χ3n) is 6.08. The molecule has 2 N–H and O–H groups in total. The highest BCUT2D eigenvalue weighted by atomic mass is 35.5. The Kier molecular flexibility index (Phi) is 5.15. The van der Waals surface area contributed by atoms with E-state index in [0.29, 0.717) is 24.0 Å². The van der Waals surface area contributed by atoms with Crippen molar-refractivity contribution in [2.24, 2.45) is 0 Å². The number of halogens is 1. The Morgan fingerprint density at radius 2 is 1.62 bits per heavy atom. The van der Waals surface area contributed by atoms with Crippen LogP contribution in [0.15, 0.2) is 84.1 Å². The van der Waals surface area contributed by atoms with Crippen LogP contribution in [0.4, 0.5) is 17.1 Å². The average Bonchev–Trinajstić information content (AvgIpc) is 2.96. The van der Waals surface area contributed by atoms with Gasteiger partial charge in [0.2, 0.25) is 0 Å². The van der Waals surface area contributed by atoms with Gasteiger partial charge in [-0.05, 0) is 41.7 Å². The van der Waals surface area contributed by atoms with E-state index in [0.717, 1.165) is 22.6 Å². The van der Waals surface area contributed by atoms with Gasteiger partial charge in [-0.15, -0.1) is 0 Å². The smallest absolute Gasteiger partial charge is 0.288 e. The molecule has 0 radical (unpaired) electrons. The van der Waals surface area contributed by atoms with Crippen LogP contribution in [0.1, 0.15) is 35.9 Å². The van der Waals surface area contributed by atoms with E-state index >= 15 is 0 Å². The van der Waals surface area contributed by atoms with E-state index in [1.807, 2.05) is 54.6 Å². The molecule has 5 rings (SSSR count). The standard InChI is InChI=1S/C25H20ClN3O3/c26-18-11-10-16(13-22(18)29(31)32)25-24-21(27-19-8-4-5-9-20(19)28-25)12-17(14-23(24)30)15-6-2-1-3-7-15/h1-11,13,17,25,27-28H,12,14H2/t17-,25-/m1/s1. The highest BCUT2D eigenvalue weighted by Crippen LogP contribution is 2.44. The Labute approximate surface area is 190 Å². The summed E-state index contributed by atoms with van der Waals surface area (Å²) in [6.07, 6.45) is 1.06. The Hall–Kier alpha value is -3.64. The molecule has 2 atom stereocenters. The molecule has 6 nitrogen and oxygen atoms in total. The molecule has 3 aromatic rings. The maximum Gasteiger partial charge on any atom is 0.288 e. The summed E-state index contributed by atoms with van der Waals surface area (Å²) in [7, 11) is 0. The van der Waals surface area contributed by atoms with E-state index < -0.39 is 11.0 Å². The Morgan fingerprint density at radius 3 is 2.38 bits per heavy atom. The summed E-state index contributed by atoms with van der Waals surface area (Å²) in [5, 5.41) is 18.5. The van der Waals surface area contributed by atoms with Gasteiger partial charge in [0.15, 0.2) is 5.78 Å². The average molecular weight is 446 g/mol. The molecule has 0 saturated heterocycles. The predicted molar refractivity (Wildman–Crippen MR) is 125 cm³/mol. The van der Waals surface area contributed by atoms with Crippen LogP contribution < -0.4 is 10.6 Å². The number of benzene rings is 3. The number of nitro groups is 1. The number of para-hydroxylation sites is 2. The van der Waals surface area contributed by atoms with Gasteiger partial charge in [-0.3, -0.25) is 14.9 Å². The van der Waals surface area contributed by atoms with Crippen molar-refractivity contribution in [2.45, 2.75) is 24.8 Å². The third-order valence-corrected chi connectivity index (χ3v) is 6.40. The second-order valence-corrected chi connectivity index (χ2v) is 8.45. The van der Waals surface area contributed by atoms with E-state index in [4.69, 9.17) is 11.6 Å². The fraction of sp³-hybridized carbons (Fsp3) is 0.160. The molecular formula is C25H20ClN3O3. The molecule has 0 saturated carbocycles. The highest BCUT2D eigenvalue weighted by molar-refractivity contribution is 6.32. The van der Waals surface area contributed by atoms with Crippen LogP contribution in [0, 0.1) is 10.1 Å². The quantitative estimate of drug-likeness (QED) is 0.369. The van der Waals surface area contributed by atoms with E-state index in [9.17, 15) is 14.9 Å². The first kappa shape index (κ1) is 20.3. The monoisotopic (exact) mass is 445 g/mol. The summed E-state index contributed by atoms with van der Waals surface area (Å²) in [6, 6.07) is 21.9. The lowest BCUT2D eigenvalue weighted by molar-refractivity contribution is -0.384. The van der Waals surface area contributed by atoms with Crippen LogP contribution in [0.5, 0.6) is 0 Å². The minimum Gasteiger partial charge on any atom is -0.372 e. The first-order valence-corrected chi connectivity index (χ1v) is 10.8. The van der Waals surface area contributed by atoms with Gasteiger partial charge in [-0.2, -0.15) is 0 Å². The van der Waals surface area contributed by atoms with E-state index in [1.54, 1.807) is 6.07 Å². The van der Waals surface area contributed by atoms with Crippen molar-refractivity contribution in [2.75, 3.05) is 10.6 Å². The minimum absolute atomic E-state index is 0.0236. The summed E-state index contributed by atoms with van der Waals surface area (Å²) in [5.41, 5.74) is 4.72. The summed E-state index contributed by atoms with van der Waals surface area (Å²) in [5.74, 6) is 0.0935. The number of carbonyl (C=O) groups is 1. The predicted octanol–water partition coefficient (Wildman–Crippen LogP) is 6.23. The number of rotatable bonds is 3. The molecule has 7 heteroatoms. The van der Waals surface area contributed by atoms with Crippen molar-refractivity contribution in [1.82, 2.24) is 0 Å². The van der Waals surface area contributed by atoms with Gasteiger partial charge in [0.25, 0.3) is 5.69 Å². The molecule has 2 aliphatic rings. The van der Waals surface area contributed by atoms with Crippen LogP contribution in [0.3, 0.4) is 0 Å². The molecule has 0 amide bonds. The van der Waals surface area contributed by atoms with E-state index in [1.165, 1.54) is 12.1 Å². The number of anilines is 2. The van der Waals surface area contributed by atoms with Gasteiger partial charge >= 0.3 is 0 Å². The SMILES string of the molecule is O=C1C[C@H](c2ccccc2)CC2=C1[C@@H](c1ccc(Cl)c([N+](=O)[O-])c1)Nc1ccccc1N2. The number of nitrogens with one attached hydrogen (secondary N) is 2. The molecule has 1 aliphatic heterocycles. The first-order chi connectivity index (χ1) is 15.5. The van der Waals surface area contributed by atoms with Gasteiger partial charge in [-0.25, -0.2) is 0 Å². The summed E-state index contributed by atoms with van der Waals surface area (Å²) >= 11 is 6.04. The lowest BCUT2D eigenvalue weighted by atomic mass is 9.78. The lowest BCUT2D eigenvalue weighted by Crippen LogP contribution is -2.26. The van der Waals surface area contributed by atoms with Crippen LogP contribution in [0.25, 0.3) is 0 Å². The summed E-state index contributed by atoms with van der Waals surface area (Å²) in [6.45, 7) is 0. The lowest BCUT2D eigenvalue weighted by Gasteiger charge is -2.30. The third kappa shape index (κ3) is 3.63. The van der Waals surface area contributed by atoms with Crippen molar-refractivity contribution in [1.29, 1.82) is 0 Å². The van der Waals surface area contributed by atoms with Crippen LogP contribution in [0.2, 0.25) is 5.02 Å². The highest BCUT2D eigenvalue weighted by Gasteiger charge is 2.36. The topological polar surface area (TPSA) is 84.3 Å². The zero-order valence-electron chi connectivity index (χ0n) is 17.0. The molecule has 0 fully saturated rings. The molecule has 0 bridgehead atoms. The summed E-state index contributed by atoms with van der Waals surface area (Å²) < 4.78 is 0. The van der Waals surface area contributed by atoms with Crippen molar-refractivity contribution in [3.05, 3.63) is 110 Å². The van der Waals surface area contributed by atoms with Gasteiger partial charge < -0.3 is 10.6 Å². The Morgan fingerprint density at radius 1 is 0.906 bits per heavy atom. The number of hydrogen-bond acceptors (Lipinski definition) is 5. The molecule has 0 spiro atoms. The molecule has 1 aliphatic carbocycles. The van der Waals surface area contributed by atoms with Gasteiger partial charge in [0, 0.05) is 23.8 Å². The zero-order chi connectivity index (χ0) is 22.2. The fourth-order valence-electron chi connectivity index (χ4n) is 4.55. The molecule has 160 valence electrons. The minimum atomic E-state index is -0.527. The second-order valence-electron chi connectivity index (χ2n) is 8.05. The Balaban J connectivity index is 1.64. The van der Waals surface area contributed by atoms with Gasteiger partial charge in [-0.1, -0.05) is 60.1 Å². The molecule has 0 unspecified atom stereocenters. The number of nitrogens with zero attached hydrogens (tertiary/aromatic N) is 1. The van der Waals surface area contributed by atoms with Crippen LogP contribution >= 0.6 is 11.6 Å². The number of nitro benzene ring substituents is 1. The number of ketones is 1. The van der Waals surface area contributed by atoms with E-state index in [-0.39, 0.29) is 22.4 Å². The molecule has 1 heterocycles. The maximum absolute atomic E-state index is 13.5. The Bertz CT molecular complexity index is 1260. The first-order valence-electron chi connectivity index (χ1n) is 10.4. The van der Waals surface area contributed by atoms with Crippen molar-refractivity contribution < 1.29 is 9.72 Å². The molecule has 32 heavy (non-hydrogen) atoms. The maximum atomic E-state index is 13.5. The van der Waals surface area contributed by atoms with Gasteiger partial charge in [0.1, 0.15) is 5.02 Å². The van der Waals surface area contributed by atoms with Crippen LogP contribution in [-0.4, -0.2) is 10.7 Å². The van der Waals surface area contributed by atoms with Crippen molar-refractivity contribution in [3.63, 3.8) is 0 Å². The fourth-order valence-corrected chi connectivity index (χ4v) is 4.74. The molecular weight excluding hydrogens is 426 g/mol. The number of fused-ring (bicyclic) bond motifs is 1. The molecule has 0 aromatic heterocycles. The summed E-state index contributed by atoms with van der Waals surface area (Å²) in [4.78, 5) is 24.5. The van der Waals surface area contributed by atoms with Gasteiger partial charge in [0.05, 0.1) is 22.3 Å². The molecule has 3 aromatic carbocycles. The van der Waals surface area contributed by atoms with Crippen molar-refractivity contribution >= 4 is 34.4 Å². The largest absolute Gasteiger partial charge is 0.372 e. The normalized spacial score (nSPS) is 19.8. The van der Waals surface area contributed by atoms with Crippen molar-refractivity contribution in [3.8, 4) is 0 Å². The number of Topliss-reactive ketones (excluding diaryl/α,β-unsaturated/α-hetero) is 1. The zero-order valence-corrected chi connectivity index (χ0v) is 17.8. The van der Waals surface area contributed by atoms with E-state index in [2.05, 4.69) is 10.6 Å². The number of hydrogen-bond donors (Lipinski definition) is 2. The number of allylic oxidation sites excluding steroid dienone is 1.